The van der Waals surface area contributed by atoms with Crippen molar-refractivity contribution in [3.63, 3.8) is 0 Å². The Kier molecular flexibility index (Phi) is 20.2. The fourth-order valence-corrected chi connectivity index (χ4v) is 8.53. The predicted molar refractivity (Wildman–Crippen MR) is 236 cm³/mol. The van der Waals surface area contributed by atoms with Crippen molar-refractivity contribution in [3.8, 4) is 17.2 Å². The lowest BCUT2D eigenvalue weighted by Crippen LogP contribution is -2.41. The number of hydrogen-bond donors (Lipinski definition) is 4. The van der Waals surface area contributed by atoms with E-state index in [4.69, 9.17) is 29.0 Å². The highest BCUT2D eigenvalue weighted by atomic mass is 31.2. The van der Waals surface area contributed by atoms with Gasteiger partial charge in [-0.1, -0.05) is 158 Å². The summed E-state index contributed by atoms with van der Waals surface area (Å²) in [6.45, 7) is 2.15. The van der Waals surface area contributed by atoms with Gasteiger partial charge in [-0.25, -0.2) is 9.08 Å². The number of unbranched alkanes of at least 4 members (excludes halogenated alkanes) is 15. The van der Waals surface area contributed by atoms with E-state index in [2.05, 4.69) is 12.0 Å². The zero-order valence-electron chi connectivity index (χ0n) is 35.8. The lowest BCUT2D eigenvalue weighted by atomic mass is 9.92. The Morgan fingerprint density at radius 2 is 1.43 bits per heavy atom. The Bertz CT molecular complexity index is 1940. The molecule has 4 aromatic rings. The number of rotatable bonds is 30. The van der Waals surface area contributed by atoms with Gasteiger partial charge >= 0.3 is 7.82 Å². The summed E-state index contributed by atoms with van der Waals surface area (Å²) in [5.74, 6) is 0. The van der Waals surface area contributed by atoms with Crippen LogP contribution < -0.4 is 5.73 Å². The molecule has 5 N–H and O–H groups in total. The van der Waals surface area contributed by atoms with E-state index in [-0.39, 0.29) is 25.5 Å². The highest BCUT2D eigenvalue weighted by Crippen LogP contribution is 2.46. The molecule has 6 atom stereocenters. The van der Waals surface area contributed by atoms with Gasteiger partial charge in [-0.2, -0.15) is 10.4 Å². The van der Waals surface area contributed by atoms with Gasteiger partial charge in [0.2, 0.25) is 5.60 Å². The van der Waals surface area contributed by atoms with Crippen LogP contribution in [0.25, 0.3) is 16.6 Å². The van der Waals surface area contributed by atoms with Gasteiger partial charge in [-0.05, 0) is 41.3 Å². The number of aliphatic hydroxyl groups excluding tert-OH is 2. The summed E-state index contributed by atoms with van der Waals surface area (Å²) < 4.78 is 43.1. The smallest absolute Gasteiger partial charge is 0.397 e. The van der Waals surface area contributed by atoms with Gasteiger partial charge in [-0.3, -0.25) is 9.05 Å². The number of fused-ring (bicyclic) bond motifs is 1. The first kappa shape index (κ1) is 48.4. The Balaban J connectivity index is 1.05. The first-order valence-electron chi connectivity index (χ1n) is 22.3. The van der Waals surface area contributed by atoms with Crippen LogP contribution in [-0.4, -0.2) is 75.6 Å². The molecule has 2 aromatic heterocycles. The lowest BCUT2D eigenvalue weighted by molar-refractivity contribution is -0.0690. The molecular formula is C47H67N4O9P. The van der Waals surface area contributed by atoms with Crippen molar-refractivity contribution in [1.82, 2.24) is 9.61 Å². The van der Waals surface area contributed by atoms with Crippen molar-refractivity contribution in [1.29, 1.82) is 5.26 Å². The first-order valence-corrected chi connectivity index (χ1v) is 23.8. The molecule has 0 aliphatic carbocycles. The van der Waals surface area contributed by atoms with Crippen molar-refractivity contribution in [2.45, 2.75) is 146 Å². The van der Waals surface area contributed by atoms with E-state index in [0.717, 1.165) is 36.0 Å². The molecule has 1 aliphatic rings. The molecule has 3 heterocycles. The van der Waals surface area contributed by atoms with Crippen LogP contribution in [0.5, 0.6) is 0 Å². The zero-order chi connectivity index (χ0) is 43.3. The molecule has 1 aliphatic heterocycles. The molecule has 2 aromatic carbocycles. The summed E-state index contributed by atoms with van der Waals surface area (Å²) in [6, 6.07) is 24.7. The number of nitrogens with zero attached hydrogens (tertiary/aromatic N) is 3. The van der Waals surface area contributed by atoms with Crippen LogP contribution in [0.1, 0.15) is 121 Å². The summed E-state index contributed by atoms with van der Waals surface area (Å²) >= 11 is 0. The molecule has 0 amide bonds. The van der Waals surface area contributed by atoms with Crippen LogP contribution in [0, 0.1) is 11.3 Å². The van der Waals surface area contributed by atoms with Crippen molar-refractivity contribution >= 4 is 19.0 Å². The number of phosphoric ester groups is 1. The van der Waals surface area contributed by atoms with Gasteiger partial charge in [0, 0.05) is 12.8 Å². The van der Waals surface area contributed by atoms with E-state index in [1.165, 1.54) is 100 Å². The summed E-state index contributed by atoms with van der Waals surface area (Å²) in [5.41, 5.74) is 8.05. The molecule has 1 unspecified atom stereocenters. The molecule has 13 nitrogen and oxygen atoms in total. The molecule has 334 valence electrons. The molecule has 0 bridgehead atoms. The van der Waals surface area contributed by atoms with Gasteiger partial charge in [0.15, 0.2) is 0 Å². The van der Waals surface area contributed by atoms with Gasteiger partial charge in [0.05, 0.1) is 43.3 Å². The number of phosphoric acid groups is 1. The van der Waals surface area contributed by atoms with Gasteiger partial charge in [-0.15, -0.1) is 0 Å². The average Bonchev–Trinajstić information content (AvgIpc) is 3.82. The van der Waals surface area contributed by atoms with Gasteiger partial charge in [0.1, 0.15) is 30.5 Å². The molecule has 0 radical (unpaired) electrons. The number of benzene rings is 2. The van der Waals surface area contributed by atoms with Crippen LogP contribution in [0.3, 0.4) is 0 Å². The van der Waals surface area contributed by atoms with E-state index < -0.39 is 44.4 Å². The largest absolute Gasteiger partial charge is 0.472 e. The van der Waals surface area contributed by atoms with E-state index in [9.17, 15) is 24.9 Å². The van der Waals surface area contributed by atoms with E-state index in [1.807, 2.05) is 60.7 Å². The number of anilines is 1. The predicted octanol–water partition coefficient (Wildman–Crippen LogP) is 9.42. The molecule has 1 saturated heterocycles. The number of hydrogen-bond acceptors (Lipinski definition) is 11. The van der Waals surface area contributed by atoms with E-state index in [1.54, 1.807) is 12.1 Å². The van der Waals surface area contributed by atoms with Crippen LogP contribution in [0.2, 0.25) is 0 Å². The van der Waals surface area contributed by atoms with Crippen LogP contribution in [0.15, 0.2) is 79.0 Å². The van der Waals surface area contributed by atoms with Gasteiger partial charge in [0.25, 0.3) is 0 Å². The third kappa shape index (κ3) is 14.7. The van der Waals surface area contributed by atoms with Crippen LogP contribution in [0.4, 0.5) is 5.69 Å². The van der Waals surface area contributed by atoms with Crippen molar-refractivity contribution in [3.05, 3.63) is 90.3 Å². The highest BCUT2D eigenvalue weighted by molar-refractivity contribution is 7.47. The van der Waals surface area contributed by atoms with Crippen molar-refractivity contribution in [2.75, 3.05) is 32.2 Å². The maximum absolute atomic E-state index is 13.1. The third-order valence-electron chi connectivity index (χ3n) is 11.4. The number of aliphatic hydroxyl groups is 2. The number of nitriles is 1. The molecule has 61 heavy (non-hydrogen) atoms. The van der Waals surface area contributed by atoms with E-state index >= 15 is 0 Å². The highest BCUT2D eigenvalue weighted by Gasteiger charge is 2.58. The monoisotopic (exact) mass is 862 g/mol. The summed E-state index contributed by atoms with van der Waals surface area (Å²) in [6.07, 6.45) is 16.5. The van der Waals surface area contributed by atoms with Crippen LogP contribution in [-0.2, 0) is 40.0 Å². The maximum atomic E-state index is 13.1. The molecular weight excluding hydrogens is 796 g/mol. The summed E-state index contributed by atoms with van der Waals surface area (Å²) in [7, 11) is -4.74. The minimum Gasteiger partial charge on any atom is -0.397 e. The molecule has 0 saturated carbocycles. The summed E-state index contributed by atoms with van der Waals surface area (Å²) in [5, 5.41) is 36.4. The normalized spacial score (nSPS) is 20.5. The van der Waals surface area contributed by atoms with Crippen LogP contribution >= 0.6 is 7.82 Å². The second-order valence-electron chi connectivity index (χ2n) is 16.2. The van der Waals surface area contributed by atoms with E-state index in [0.29, 0.717) is 17.8 Å². The second-order valence-corrected chi connectivity index (χ2v) is 17.6. The first-order chi connectivity index (χ1) is 29.7. The second kappa shape index (κ2) is 25.4. The summed E-state index contributed by atoms with van der Waals surface area (Å²) in [4.78, 5) is 10.7. The third-order valence-corrected chi connectivity index (χ3v) is 12.4. The SMILES string of the molecule is CCCCCCCCCCCCCCCCCCOC[C@H](COP(=O)(O)OC[C@H]1O[C@@](C#N)(c2ccc3c(N)ccnn23)[C@H](O)[C@@H]1O)OCc1ccc(-c2ccccc2)cc1. The number of ether oxygens (including phenoxy) is 3. The molecule has 5 rings (SSSR count). The topological polar surface area (TPSA) is 191 Å². The minimum absolute atomic E-state index is 0.129. The lowest BCUT2D eigenvalue weighted by Gasteiger charge is -2.24. The Hall–Kier alpha value is -3.67. The zero-order valence-corrected chi connectivity index (χ0v) is 36.7. The number of nitrogens with two attached hydrogens (primary N) is 1. The standard InChI is InChI=1S/C47H67N4O9P/c1-2-3-4-5-6-7-8-9-10-11-12-13-14-15-16-20-31-56-33-40(57-32-37-23-25-39(26-24-37)38-21-18-17-19-22-38)34-58-61(54,55)59-35-43-45(52)46(53)47(36-48,60-43)44-28-27-42-41(49)29-30-50-51(42)44/h17-19,21-30,40,43,45-46,52-53H,2-16,20,31-35,49H2,1H3,(H,54,55)/t40-,43-,45-,46-,47+/m1/s1. The fraction of sp³-hybridized carbons (Fsp3) is 0.574. The van der Waals surface area contributed by atoms with Crippen molar-refractivity contribution in [2.24, 2.45) is 0 Å². The fourth-order valence-electron chi connectivity index (χ4n) is 7.77. The maximum Gasteiger partial charge on any atom is 0.472 e. The quantitative estimate of drug-likeness (QED) is 0.0287. The Morgan fingerprint density at radius 1 is 0.820 bits per heavy atom. The van der Waals surface area contributed by atoms with Gasteiger partial charge < -0.3 is 35.1 Å². The Labute approximate surface area is 361 Å². The number of aromatic nitrogens is 2. The minimum atomic E-state index is -4.74. The Morgan fingerprint density at radius 3 is 2.05 bits per heavy atom. The van der Waals surface area contributed by atoms with Crippen molar-refractivity contribution < 1.29 is 42.9 Å². The molecule has 0 spiro atoms. The number of nitrogen functional groups attached to an aromatic ring is 1. The average molecular weight is 863 g/mol. The molecule has 1 fully saturated rings. The molecule has 14 heteroatoms.